The molecule has 0 atom stereocenters. The molecule has 1 heterocycles. The van der Waals surface area contributed by atoms with Crippen LogP contribution in [0.5, 0.6) is 5.75 Å². The SMILES string of the molecule is CCn1c(Nc2cccc(OC)c2)nc2ccccc21. The zero-order chi connectivity index (χ0) is 13.9. The van der Waals surface area contributed by atoms with Crippen LogP contribution in [0.4, 0.5) is 11.6 Å². The molecule has 4 heteroatoms. The van der Waals surface area contributed by atoms with Crippen molar-refractivity contribution in [3.63, 3.8) is 0 Å². The van der Waals surface area contributed by atoms with Crippen molar-refractivity contribution >= 4 is 22.7 Å². The molecule has 3 aromatic rings. The van der Waals surface area contributed by atoms with E-state index >= 15 is 0 Å². The lowest BCUT2D eigenvalue weighted by Gasteiger charge is -2.09. The van der Waals surface area contributed by atoms with Crippen molar-refractivity contribution in [3.8, 4) is 5.75 Å². The minimum absolute atomic E-state index is 0.828. The highest BCUT2D eigenvalue weighted by Crippen LogP contribution is 2.24. The molecule has 0 aliphatic heterocycles. The van der Waals surface area contributed by atoms with E-state index in [-0.39, 0.29) is 0 Å². The Morgan fingerprint density at radius 3 is 2.80 bits per heavy atom. The molecular formula is C16H17N3O. The van der Waals surface area contributed by atoms with E-state index in [9.17, 15) is 0 Å². The van der Waals surface area contributed by atoms with Gasteiger partial charge in [-0.15, -0.1) is 0 Å². The molecule has 0 radical (unpaired) electrons. The highest BCUT2D eigenvalue weighted by molar-refractivity contribution is 5.79. The molecule has 0 saturated carbocycles. The van der Waals surface area contributed by atoms with Crippen molar-refractivity contribution in [2.24, 2.45) is 0 Å². The summed E-state index contributed by atoms with van der Waals surface area (Å²) < 4.78 is 7.40. The molecule has 0 bridgehead atoms. The number of methoxy groups -OCH3 is 1. The van der Waals surface area contributed by atoms with E-state index < -0.39 is 0 Å². The van der Waals surface area contributed by atoms with Gasteiger partial charge in [-0.3, -0.25) is 0 Å². The molecule has 2 aromatic carbocycles. The maximum atomic E-state index is 5.24. The molecule has 0 spiro atoms. The number of imidazole rings is 1. The first-order valence-corrected chi connectivity index (χ1v) is 6.68. The van der Waals surface area contributed by atoms with Crippen LogP contribution in [-0.4, -0.2) is 16.7 Å². The van der Waals surface area contributed by atoms with Crippen molar-refractivity contribution < 1.29 is 4.74 Å². The topological polar surface area (TPSA) is 39.1 Å². The van der Waals surface area contributed by atoms with Gasteiger partial charge in [0.25, 0.3) is 0 Å². The van der Waals surface area contributed by atoms with E-state index in [1.165, 1.54) is 0 Å². The molecule has 0 saturated heterocycles. The number of nitrogens with one attached hydrogen (secondary N) is 1. The first-order chi connectivity index (χ1) is 9.81. The normalized spacial score (nSPS) is 10.7. The van der Waals surface area contributed by atoms with Gasteiger partial charge in [0.15, 0.2) is 0 Å². The zero-order valence-corrected chi connectivity index (χ0v) is 11.6. The van der Waals surface area contributed by atoms with Gasteiger partial charge in [-0.1, -0.05) is 18.2 Å². The number of hydrogen-bond donors (Lipinski definition) is 1. The zero-order valence-electron chi connectivity index (χ0n) is 11.6. The summed E-state index contributed by atoms with van der Waals surface area (Å²) in [6.45, 7) is 2.98. The van der Waals surface area contributed by atoms with Gasteiger partial charge in [-0.05, 0) is 31.2 Å². The lowest BCUT2D eigenvalue weighted by molar-refractivity contribution is 0.415. The molecule has 1 aromatic heterocycles. The molecule has 0 aliphatic rings. The van der Waals surface area contributed by atoms with Crippen molar-refractivity contribution in [1.82, 2.24) is 9.55 Å². The Kier molecular flexibility index (Phi) is 3.29. The van der Waals surface area contributed by atoms with Gasteiger partial charge in [0, 0.05) is 18.3 Å². The van der Waals surface area contributed by atoms with Gasteiger partial charge < -0.3 is 14.6 Å². The molecular weight excluding hydrogens is 250 g/mol. The first-order valence-electron chi connectivity index (χ1n) is 6.68. The summed E-state index contributed by atoms with van der Waals surface area (Å²) in [6.07, 6.45) is 0. The second kappa shape index (κ2) is 5.25. The molecule has 4 nitrogen and oxygen atoms in total. The van der Waals surface area contributed by atoms with E-state index in [2.05, 4.69) is 27.9 Å². The average molecular weight is 267 g/mol. The van der Waals surface area contributed by atoms with Crippen molar-refractivity contribution in [2.45, 2.75) is 13.5 Å². The maximum Gasteiger partial charge on any atom is 0.208 e. The smallest absolute Gasteiger partial charge is 0.208 e. The number of ether oxygens (including phenoxy) is 1. The lowest BCUT2D eigenvalue weighted by Crippen LogP contribution is -2.02. The number of anilines is 2. The Morgan fingerprint density at radius 2 is 2.00 bits per heavy atom. The number of hydrogen-bond acceptors (Lipinski definition) is 3. The first kappa shape index (κ1) is 12.5. The van der Waals surface area contributed by atoms with Gasteiger partial charge in [-0.2, -0.15) is 0 Å². The summed E-state index contributed by atoms with van der Waals surface area (Å²) in [5.74, 6) is 1.68. The second-order valence-corrected chi connectivity index (χ2v) is 4.53. The number of para-hydroxylation sites is 2. The number of fused-ring (bicyclic) bond motifs is 1. The Morgan fingerprint density at radius 1 is 1.15 bits per heavy atom. The number of aryl methyl sites for hydroxylation is 1. The van der Waals surface area contributed by atoms with Gasteiger partial charge in [-0.25, -0.2) is 4.98 Å². The highest BCUT2D eigenvalue weighted by Gasteiger charge is 2.09. The van der Waals surface area contributed by atoms with E-state index in [0.29, 0.717) is 0 Å². The second-order valence-electron chi connectivity index (χ2n) is 4.53. The fraction of sp³-hybridized carbons (Fsp3) is 0.188. The van der Waals surface area contributed by atoms with Gasteiger partial charge in [0.2, 0.25) is 5.95 Å². The van der Waals surface area contributed by atoms with Crippen LogP contribution in [0.3, 0.4) is 0 Å². The van der Waals surface area contributed by atoms with Crippen LogP contribution in [0.15, 0.2) is 48.5 Å². The largest absolute Gasteiger partial charge is 0.497 e. The Hall–Kier alpha value is -2.49. The Bertz CT molecular complexity index is 733. The number of rotatable bonds is 4. The Balaban J connectivity index is 2.01. The summed E-state index contributed by atoms with van der Waals surface area (Å²) in [5, 5.41) is 3.36. The standard InChI is InChI=1S/C16H17N3O/c1-3-19-15-10-5-4-9-14(15)18-16(19)17-12-7-6-8-13(11-12)20-2/h4-11H,3H2,1-2H3,(H,17,18). The third kappa shape index (κ3) is 2.20. The van der Waals surface area contributed by atoms with Crippen molar-refractivity contribution in [1.29, 1.82) is 0 Å². The monoisotopic (exact) mass is 267 g/mol. The summed E-state index contributed by atoms with van der Waals surface area (Å²) >= 11 is 0. The summed E-state index contributed by atoms with van der Waals surface area (Å²) in [4.78, 5) is 4.65. The third-order valence-electron chi connectivity index (χ3n) is 3.30. The van der Waals surface area contributed by atoms with Crippen molar-refractivity contribution in [3.05, 3.63) is 48.5 Å². The molecule has 20 heavy (non-hydrogen) atoms. The van der Waals surface area contributed by atoms with Crippen LogP contribution >= 0.6 is 0 Å². The quantitative estimate of drug-likeness (QED) is 0.781. The number of benzene rings is 2. The molecule has 0 amide bonds. The Labute approximate surface area is 118 Å². The van der Waals surface area contributed by atoms with Crippen LogP contribution in [0, 0.1) is 0 Å². The summed E-state index contributed by atoms with van der Waals surface area (Å²) in [5.41, 5.74) is 3.11. The predicted molar refractivity (Wildman–Crippen MR) is 81.7 cm³/mol. The van der Waals surface area contributed by atoms with Crippen LogP contribution in [0.1, 0.15) is 6.92 Å². The highest BCUT2D eigenvalue weighted by atomic mass is 16.5. The van der Waals surface area contributed by atoms with Crippen LogP contribution in [0.2, 0.25) is 0 Å². The summed E-state index contributed by atoms with van der Waals surface area (Å²) in [6, 6.07) is 16.0. The van der Waals surface area contributed by atoms with E-state index in [1.54, 1.807) is 7.11 Å². The number of aromatic nitrogens is 2. The van der Waals surface area contributed by atoms with Gasteiger partial charge >= 0.3 is 0 Å². The van der Waals surface area contributed by atoms with Gasteiger partial charge in [0.05, 0.1) is 18.1 Å². The number of nitrogens with zero attached hydrogens (tertiary/aromatic N) is 2. The van der Waals surface area contributed by atoms with Crippen LogP contribution in [0.25, 0.3) is 11.0 Å². The van der Waals surface area contributed by atoms with Gasteiger partial charge in [0.1, 0.15) is 5.75 Å². The minimum atomic E-state index is 0.828. The molecule has 3 rings (SSSR count). The van der Waals surface area contributed by atoms with E-state index in [0.717, 1.165) is 35.0 Å². The lowest BCUT2D eigenvalue weighted by atomic mass is 10.3. The van der Waals surface area contributed by atoms with Crippen LogP contribution < -0.4 is 10.1 Å². The third-order valence-corrected chi connectivity index (χ3v) is 3.30. The fourth-order valence-electron chi connectivity index (χ4n) is 2.32. The van der Waals surface area contributed by atoms with E-state index in [1.807, 2.05) is 42.5 Å². The predicted octanol–water partition coefficient (Wildman–Crippen LogP) is 3.81. The summed E-state index contributed by atoms with van der Waals surface area (Å²) in [7, 11) is 1.67. The minimum Gasteiger partial charge on any atom is -0.497 e. The molecule has 0 unspecified atom stereocenters. The molecule has 102 valence electrons. The van der Waals surface area contributed by atoms with Crippen LogP contribution in [-0.2, 0) is 6.54 Å². The average Bonchev–Trinajstić information content (AvgIpc) is 2.84. The molecule has 1 N–H and O–H groups in total. The molecule has 0 aliphatic carbocycles. The maximum absolute atomic E-state index is 5.24. The molecule has 0 fully saturated rings. The van der Waals surface area contributed by atoms with E-state index in [4.69, 9.17) is 4.74 Å². The van der Waals surface area contributed by atoms with Crippen molar-refractivity contribution in [2.75, 3.05) is 12.4 Å². The fourth-order valence-corrected chi connectivity index (χ4v) is 2.32.